The first-order chi connectivity index (χ1) is 21.4. The Kier molecular flexibility index (Phi) is 13.2. The number of nitrogens with one attached hydrogen (secondary N) is 2. The molecule has 0 radical (unpaired) electrons. The van der Waals surface area contributed by atoms with E-state index in [1.165, 1.54) is 0 Å². The summed E-state index contributed by atoms with van der Waals surface area (Å²) in [6, 6.07) is 21.2. The molecule has 7 heteroatoms. The number of carbonyl (C=O) groups is 3. The van der Waals surface area contributed by atoms with Crippen LogP contribution in [0.25, 0.3) is 0 Å². The molecule has 2 N–H and O–H groups in total. The smallest absolute Gasteiger partial charge is 0.408 e. The molecule has 7 nitrogen and oxygen atoms in total. The third kappa shape index (κ3) is 11.1. The number of carbonyl (C=O) groups excluding carboxylic acids is 3. The van der Waals surface area contributed by atoms with Gasteiger partial charge in [-0.15, -0.1) is 0 Å². The molecule has 0 saturated carbocycles. The van der Waals surface area contributed by atoms with Crippen LogP contribution in [0.5, 0.6) is 0 Å². The quantitative estimate of drug-likeness (QED) is 0.179. The fourth-order valence-electron chi connectivity index (χ4n) is 5.27. The van der Waals surface area contributed by atoms with Crippen molar-refractivity contribution in [2.45, 2.75) is 105 Å². The van der Waals surface area contributed by atoms with E-state index in [1.807, 2.05) is 93.6 Å². The number of amides is 3. The van der Waals surface area contributed by atoms with Crippen LogP contribution >= 0.6 is 0 Å². The predicted octanol–water partition coefficient (Wildman–Crippen LogP) is 8.23. The summed E-state index contributed by atoms with van der Waals surface area (Å²) >= 11 is 0. The van der Waals surface area contributed by atoms with Crippen LogP contribution in [0.2, 0.25) is 0 Å². The molecule has 3 rings (SSSR count). The maximum atomic E-state index is 14.7. The minimum Gasteiger partial charge on any atom is -0.444 e. The molecule has 0 heterocycles. The van der Waals surface area contributed by atoms with Gasteiger partial charge in [-0.1, -0.05) is 99.3 Å². The van der Waals surface area contributed by atoms with E-state index in [4.69, 9.17) is 4.74 Å². The van der Waals surface area contributed by atoms with E-state index < -0.39 is 23.8 Å². The molecule has 45 heavy (non-hydrogen) atoms. The molecule has 0 aromatic heterocycles. The Balaban J connectivity index is 2.09. The zero-order valence-electron chi connectivity index (χ0n) is 28.1. The molecule has 0 spiro atoms. The van der Waals surface area contributed by atoms with Gasteiger partial charge in [-0.05, 0) is 81.8 Å². The third-order valence-corrected chi connectivity index (χ3v) is 7.87. The first kappa shape index (κ1) is 35.4. The summed E-state index contributed by atoms with van der Waals surface area (Å²) in [5.41, 5.74) is 4.63. The SMILES string of the molecule is CCCCCCCN(C(=O)C(Cc1ccccc1)NC(=O)OC(C)(C)C)C(C(=O)Nc1ccccc1C)c1ccc(C)c(C)c1. The van der Waals surface area contributed by atoms with E-state index in [1.54, 1.807) is 25.7 Å². The second-order valence-corrected chi connectivity index (χ2v) is 12.9. The average molecular weight is 614 g/mol. The number of unbranched alkanes of at least 4 members (excludes halogenated alkanes) is 4. The minimum absolute atomic E-state index is 0.254. The van der Waals surface area contributed by atoms with Crippen molar-refractivity contribution in [1.82, 2.24) is 10.2 Å². The highest BCUT2D eigenvalue weighted by atomic mass is 16.6. The summed E-state index contributed by atoms with van der Waals surface area (Å²) in [5.74, 6) is -0.631. The zero-order chi connectivity index (χ0) is 33.0. The van der Waals surface area contributed by atoms with Gasteiger partial charge in [0, 0.05) is 18.7 Å². The molecule has 242 valence electrons. The van der Waals surface area contributed by atoms with Crippen LogP contribution in [0.1, 0.15) is 93.7 Å². The van der Waals surface area contributed by atoms with Crippen molar-refractivity contribution >= 4 is 23.6 Å². The van der Waals surface area contributed by atoms with Gasteiger partial charge in [-0.3, -0.25) is 9.59 Å². The van der Waals surface area contributed by atoms with Crippen LogP contribution in [0.15, 0.2) is 72.8 Å². The second kappa shape index (κ2) is 16.8. The number of rotatable bonds is 14. The maximum Gasteiger partial charge on any atom is 0.408 e. The molecule has 0 aliphatic rings. The van der Waals surface area contributed by atoms with Crippen molar-refractivity contribution in [2.75, 3.05) is 11.9 Å². The number of hydrogen-bond donors (Lipinski definition) is 2. The number of ether oxygens (including phenoxy) is 1. The summed E-state index contributed by atoms with van der Waals surface area (Å²) in [5, 5.41) is 5.96. The lowest BCUT2D eigenvalue weighted by molar-refractivity contribution is -0.140. The first-order valence-corrected chi connectivity index (χ1v) is 16.2. The molecule has 0 fully saturated rings. The normalized spacial score (nSPS) is 12.6. The van der Waals surface area contributed by atoms with E-state index >= 15 is 0 Å². The molecule has 0 bridgehead atoms. The van der Waals surface area contributed by atoms with Crippen molar-refractivity contribution in [3.8, 4) is 0 Å². The van der Waals surface area contributed by atoms with Gasteiger partial charge in [0.1, 0.15) is 17.7 Å². The van der Waals surface area contributed by atoms with Gasteiger partial charge < -0.3 is 20.3 Å². The van der Waals surface area contributed by atoms with E-state index in [9.17, 15) is 14.4 Å². The van der Waals surface area contributed by atoms with Crippen molar-refractivity contribution in [3.63, 3.8) is 0 Å². The van der Waals surface area contributed by atoms with Crippen LogP contribution in [0.3, 0.4) is 0 Å². The van der Waals surface area contributed by atoms with Gasteiger partial charge >= 0.3 is 6.09 Å². The number of anilines is 1. The lowest BCUT2D eigenvalue weighted by Crippen LogP contribution is -2.53. The lowest BCUT2D eigenvalue weighted by atomic mass is 9.96. The molecule has 2 unspecified atom stereocenters. The summed E-state index contributed by atoms with van der Waals surface area (Å²) in [6.07, 6.45) is 4.50. The summed E-state index contributed by atoms with van der Waals surface area (Å²) in [4.78, 5) is 43.8. The highest BCUT2D eigenvalue weighted by Gasteiger charge is 2.36. The maximum absolute atomic E-state index is 14.7. The lowest BCUT2D eigenvalue weighted by Gasteiger charge is -2.35. The molecule has 0 aliphatic heterocycles. The number of hydrogen-bond acceptors (Lipinski definition) is 4. The second-order valence-electron chi connectivity index (χ2n) is 12.9. The van der Waals surface area contributed by atoms with Crippen LogP contribution in [0, 0.1) is 20.8 Å². The molecule has 3 aromatic rings. The van der Waals surface area contributed by atoms with Crippen molar-refractivity contribution in [2.24, 2.45) is 0 Å². The molecule has 0 aliphatic carbocycles. The van der Waals surface area contributed by atoms with Crippen LogP contribution in [-0.2, 0) is 20.7 Å². The van der Waals surface area contributed by atoms with Crippen LogP contribution < -0.4 is 10.6 Å². The Morgan fingerprint density at radius 2 is 1.47 bits per heavy atom. The molecule has 2 atom stereocenters. The van der Waals surface area contributed by atoms with Gasteiger partial charge in [0.25, 0.3) is 5.91 Å². The van der Waals surface area contributed by atoms with Crippen molar-refractivity contribution in [1.29, 1.82) is 0 Å². The Morgan fingerprint density at radius 1 is 0.800 bits per heavy atom. The van der Waals surface area contributed by atoms with Gasteiger partial charge in [-0.2, -0.15) is 0 Å². The van der Waals surface area contributed by atoms with E-state index in [2.05, 4.69) is 17.6 Å². The topological polar surface area (TPSA) is 87.7 Å². The fraction of sp³-hybridized carbons (Fsp3) is 0.447. The monoisotopic (exact) mass is 613 g/mol. The summed E-state index contributed by atoms with van der Waals surface area (Å²) in [7, 11) is 0. The van der Waals surface area contributed by atoms with Gasteiger partial charge in [-0.25, -0.2) is 4.79 Å². The van der Waals surface area contributed by atoms with Crippen LogP contribution in [-0.4, -0.2) is 41.0 Å². The van der Waals surface area contributed by atoms with Crippen molar-refractivity contribution < 1.29 is 19.1 Å². The Hall–Kier alpha value is -4.13. The number of alkyl carbamates (subject to hydrolysis) is 1. The fourth-order valence-corrected chi connectivity index (χ4v) is 5.27. The van der Waals surface area contributed by atoms with Gasteiger partial charge in [0.05, 0.1) is 0 Å². The number of para-hydroxylation sites is 1. The Bertz CT molecular complexity index is 1410. The van der Waals surface area contributed by atoms with E-state index in [0.29, 0.717) is 12.2 Å². The molecule has 0 saturated heterocycles. The number of benzene rings is 3. The largest absolute Gasteiger partial charge is 0.444 e. The zero-order valence-corrected chi connectivity index (χ0v) is 28.1. The number of aryl methyl sites for hydroxylation is 3. The van der Waals surface area contributed by atoms with E-state index in [-0.39, 0.29) is 18.2 Å². The molecule has 3 amide bonds. The Labute approximate surface area is 269 Å². The minimum atomic E-state index is -0.946. The summed E-state index contributed by atoms with van der Waals surface area (Å²) in [6.45, 7) is 13.9. The Morgan fingerprint density at radius 3 is 2.11 bits per heavy atom. The standard InChI is InChI=1S/C38H51N3O4/c1-8-9-10-11-17-24-41(36(43)33(26-30-19-13-12-14-20-30)40-37(44)45-38(5,6)7)34(31-23-22-27(2)29(4)25-31)35(42)39-32-21-16-15-18-28(32)3/h12-16,18-23,25,33-34H,8-11,17,24,26H2,1-7H3,(H,39,42)(H,40,44). The number of nitrogens with zero attached hydrogens (tertiary/aromatic N) is 1. The molecule has 3 aromatic carbocycles. The molecular formula is C38H51N3O4. The van der Waals surface area contributed by atoms with Crippen molar-refractivity contribution in [3.05, 3.63) is 101 Å². The average Bonchev–Trinajstić information content (AvgIpc) is 2.98. The third-order valence-electron chi connectivity index (χ3n) is 7.87. The van der Waals surface area contributed by atoms with Gasteiger partial charge in [0.2, 0.25) is 5.91 Å². The highest BCUT2D eigenvalue weighted by Crippen LogP contribution is 2.28. The molecular weight excluding hydrogens is 562 g/mol. The highest BCUT2D eigenvalue weighted by molar-refractivity contribution is 5.99. The van der Waals surface area contributed by atoms with Gasteiger partial charge in [0.15, 0.2) is 0 Å². The first-order valence-electron chi connectivity index (χ1n) is 16.2. The summed E-state index contributed by atoms with van der Waals surface area (Å²) < 4.78 is 5.57. The van der Waals surface area contributed by atoms with E-state index in [0.717, 1.165) is 59.9 Å². The predicted molar refractivity (Wildman–Crippen MR) is 182 cm³/mol. The van der Waals surface area contributed by atoms with Crippen LogP contribution in [0.4, 0.5) is 10.5 Å².